The summed E-state index contributed by atoms with van der Waals surface area (Å²) in [5.41, 5.74) is 0.339. The molecule has 0 aliphatic carbocycles. The van der Waals surface area contributed by atoms with E-state index in [4.69, 9.17) is 39.9 Å². The number of rotatable bonds is 3. The maximum atomic E-state index is 12.4. The Balaban J connectivity index is 1.91. The van der Waals surface area contributed by atoms with Crippen molar-refractivity contribution in [2.75, 3.05) is 5.32 Å². The van der Waals surface area contributed by atoms with Crippen LogP contribution in [0.2, 0.25) is 15.1 Å². The molecule has 2 N–H and O–H groups in total. The Morgan fingerprint density at radius 1 is 1.04 bits per heavy atom. The molecule has 3 rings (SSSR count). The molecule has 0 spiro atoms. The third-order valence-corrected chi connectivity index (χ3v) is 5.46. The predicted octanol–water partition coefficient (Wildman–Crippen LogP) is 5.81. The molecule has 0 aliphatic rings. The van der Waals surface area contributed by atoms with Crippen LogP contribution in [0.1, 0.15) is 20.0 Å². The van der Waals surface area contributed by atoms with Crippen molar-refractivity contribution in [3.63, 3.8) is 0 Å². The van der Waals surface area contributed by atoms with E-state index in [0.717, 1.165) is 10.1 Å². The van der Waals surface area contributed by atoms with E-state index in [1.165, 1.54) is 29.5 Å². The minimum Gasteiger partial charge on any atom is -0.478 e. The van der Waals surface area contributed by atoms with Gasteiger partial charge < -0.3 is 10.4 Å². The van der Waals surface area contributed by atoms with E-state index in [1.807, 2.05) is 0 Å². The first-order valence-electron chi connectivity index (χ1n) is 6.58. The van der Waals surface area contributed by atoms with Crippen LogP contribution >= 0.6 is 46.1 Å². The van der Waals surface area contributed by atoms with Crippen LogP contribution in [0.4, 0.5) is 5.69 Å². The molecule has 0 radical (unpaired) electrons. The molecule has 0 atom stereocenters. The van der Waals surface area contributed by atoms with Crippen LogP contribution in [0.3, 0.4) is 0 Å². The van der Waals surface area contributed by atoms with Crippen molar-refractivity contribution in [1.82, 2.24) is 0 Å². The van der Waals surface area contributed by atoms with Gasteiger partial charge in [-0.15, -0.1) is 11.3 Å². The molecule has 1 heterocycles. The molecule has 2 aromatic carbocycles. The molecule has 0 aliphatic heterocycles. The smallest absolute Gasteiger partial charge is 0.337 e. The first-order chi connectivity index (χ1) is 11.4. The molecule has 0 unspecified atom stereocenters. The molecule has 8 heteroatoms. The van der Waals surface area contributed by atoms with Crippen LogP contribution in [-0.4, -0.2) is 17.0 Å². The van der Waals surface area contributed by atoms with Crippen molar-refractivity contribution in [2.45, 2.75) is 0 Å². The van der Waals surface area contributed by atoms with Crippen LogP contribution in [-0.2, 0) is 0 Å². The second-order valence-corrected chi connectivity index (χ2v) is 7.11. The fourth-order valence-corrected chi connectivity index (χ4v) is 4.09. The summed E-state index contributed by atoms with van der Waals surface area (Å²) in [7, 11) is 0. The van der Waals surface area contributed by atoms with E-state index >= 15 is 0 Å². The Morgan fingerprint density at radius 3 is 2.46 bits per heavy atom. The Hall–Kier alpha value is -1.79. The minimum absolute atomic E-state index is 0.0366. The normalized spacial score (nSPS) is 10.8. The molecule has 0 fully saturated rings. The lowest BCUT2D eigenvalue weighted by Crippen LogP contribution is -2.11. The van der Waals surface area contributed by atoms with Gasteiger partial charge in [-0.3, -0.25) is 4.79 Å². The molecule has 122 valence electrons. The molecule has 1 aromatic heterocycles. The summed E-state index contributed by atoms with van der Waals surface area (Å²) < 4.78 is 0.803. The van der Waals surface area contributed by atoms with E-state index in [0.29, 0.717) is 20.6 Å². The van der Waals surface area contributed by atoms with Crippen molar-refractivity contribution in [2.24, 2.45) is 0 Å². The van der Waals surface area contributed by atoms with E-state index in [-0.39, 0.29) is 10.6 Å². The number of halogens is 3. The van der Waals surface area contributed by atoms with Gasteiger partial charge in [-0.25, -0.2) is 4.79 Å². The number of carboxylic acid groups (broad SMARTS) is 1. The third kappa shape index (κ3) is 3.21. The average Bonchev–Trinajstić information content (AvgIpc) is 2.83. The van der Waals surface area contributed by atoms with E-state index in [9.17, 15) is 9.59 Å². The van der Waals surface area contributed by atoms with Crippen LogP contribution in [0.15, 0.2) is 36.4 Å². The topological polar surface area (TPSA) is 66.4 Å². The zero-order valence-corrected chi connectivity index (χ0v) is 14.9. The van der Waals surface area contributed by atoms with Gasteiger partial charge in [-0.05, 0) is 30.3 Å². The highest BCUT2D eigenvalue weighted by molar-refractivity contribution is 7.21. The number of fused-ring (bicyclic) bond motifs is 1. The van der Waals surface area contributed by atoms with Gasteiger partial charge in [-0.1, -0.05) is 40.9 Å². The van der Waals surface area contributed by atoms with Gasteiger partial charge in [0, 0.05) is 20.8 Å². The van der Waals surface area contributed by atoms with Crippen LogP contribution in [0, 0.1) is 0 Å². The summed E-state index contributed by atoms with van der Waals surface area (Å²) in [5, 5.41) is 13.3. The second-order valence-electron chi connectivity index (χ2n) is 4.84. The summed E-state index contributed by atoms with van der Waals surface area (Å²) in [4.78, 5) is 23.7. The number of carboxylic acids is 1. The Morgan fingerprint density at radius 2 is 1.79 bits per heavy atom. The number of aromatic carboxylic acids is 1. The number of nitrogens with one attached hydrogen (secondary N) is 1. The van der Waals surface area contributed by atoms with Crippen LogP contribution in [0.25, 0.3) is 10.1 Å². The molecule has 0 saturated heterocycles. The summed E-state index contributed by atoms with van der Waals surface area (Å²) >= 11 is 19.3. The van der Waals surface area contributed by atoms with Crippen LogP contribution in [0.5, 0.6) is 0 Å². The Kier molecular flexibility index (Phi) is 4.69. The summed E-state index contributed by atoms with van der Waals surface area (Å²) in [6, 6.07) is 9.36. The number of carbonyl (C=O) groups excluding carboxylic acids is 1. The predicted molar refractivity (Wildman–Crippen MR) is 98.2 cm³/mol. The number of benzene rings is 2. The maximum absolute atomic E-state index is 12.4. The summed E-state index contributed by atoms with van der Waals surface area (Å²) in [6.07, 6.45) is 0. The molecule has 0 saturated carbocycles. The first kappa shape index (κ1) is 17.0. The molecule has 4 nitrogen and oxygen atoms in total. The quantitative estimate of drug-likeness (QED) is 0.583. The minimum atomic E-state index is -1.14. The largest absolute Gasteiger partial charge is 0.478 e. The Labute approximate surface area is 155 Å². The average molecular weight is 401 g/mol. The third-order valence-electron chi connectivity index (χ3n) is 3.26. The second kappa shape index (κ2) is 6.61. The fraction of sp³-hybridized carbons (Fsp3) is 0. The molecule has 0 bridgehead atoms. The number of carbonyl (C=O) groups is 2. The lowest BCUT2D eigenvalue weighted by atomic mass is 10.2. The van der Waals surface area contributed by atoms with Gasteiger partial charge >= 0.3 is 5.97 Å². The lowest BCUT2D eigenvalue weighted by molar-refractivity contribution is 0.0697. The zero-order chi connectivity index (χ0) is 17.4. The van der Waals surface area contributed by atoms with Crippen molar-refractivity contribution in [3.05, 3.63) is 61.9 Å². The Bertz CT molecular complexity index is 984. The molecule has 24 heavy (non-hydrogen) atoms. The van der Waals surface area contributed by atoms with Crippen molar-refractivity contribution < 1.29 is 14.7 Å². The lowest BCUT2D eigenvalue weighted by Gasteiger charge is -2.06. The van der Waals surface area contributed by atoms with Gasteiger partial charge in [-0.2, -0.15) is 0 Å². The fourth-order valence-electron chi connectivity index (χ4n) is 2.14. The van der Waals surface area contributed by atoms with Gasteiger partial charge in [0.25, 0.3) is 5.91 Å². The van der Waals surface area contributed by atoms with Crippen molar-refractivity contribution >= 4 is 73.8 Å². The van der Waals surface area contributed by atoms with Gasteiger partial charge in [0.1, 0.15) is 4.88 Å². The highest BCUT2D eigenvalue weighted by atomic mass is 35.5. The number of thiophene rings is 1. The summed E-state index contributed by atoms with van der Waals surface area (Å²) in [6.45, 7) is 0. The summed E-state index contributed by atoms with van der Waals surface area (Å²) in [5.74, 6) is -1.54. The molecular weight excluding hydrogens is 393 g/mol. The number of hydrogen-bond acceptors (Lipinski definition) is 3. The highest BCUT2D eigenvalue weighted by Crippen LogP contribution is 2.37. The maximum Gasteiger partial charge on any atom is 0.337 e. The van der Waals surface area contributed by atoms with E-state index in [1.54, 1.807) is 18.2 Å². The van der Waals surface area contributed by atoms with Crippen LogP contribution < -0.4 is 5.32 Å². The first-order valence-corrected chi connectivity index (χ1v) is 8.53. The van der Waals surface area contributed by atoms with Gasteiger partial charge in [0.2, 0.25) is 0 Å². The van der Waals surface area contributed by atoms with Crippen molar-refractivity contribution in [1.29, 1.82) is 0 Å². The van der Waals surface area contributed by atoms with Gasteiger partial charge in [0.05, 0.1) is 15.6 Å². The van der Waals surface area contributed by atoms with Crippen molar-refractivity contribution in [3.8, 4) is 0 Å². The molecular formula is C16H8Cl3NO3S. The molecule has 3 aromatic rings. The standard InChI is InChI=1S/C16H8Cl3NO3S/c17-7-1-3-10-12(5-7)24-14(13(10)19)15(21)20-8-2-4-9(16(22)23)11(18)6-8/h1-6H,(H,20,21)(H,22,23). The van der Waals surface area contributed by atoms with E-state index in [2.05, 4.69) is 5.32 Å². The monoisotopic (exact) mass is 399 g/mol. The SMILES string of the molecule is O=C(O)c1ccc(NC(=O)c2sc3cc(Cl)ccc3c2Cl)cc1Cl. The van der Waals surface area contributed by atoms with Gasteiger partial charge in [0.15, 0.2) is 0 Å². The zero-order valence-electron chi connectivity index (χ0n) is 11.8. The van der Waals surface area contributed by atoms with E-state index < -0.39 is 11.9 Å². The number of hydrogen-bond donors (Lipinski definition) is 2. The number of amides is 1. The molecule has 1 amide bonds. The number of anilines is 1. The highest BCUT2D eigenvalue weighted by Gasteiger charge is 2.18.